The third-order valence-corrected chi connectivity index (χ3v) is 4.07. The maximum absolute atomic E-state index is 10.6. The van der Waals surface area contributed by atoms with Crippen molar-refractivity contribution in [2.75, 3.05) is 5.33 Å². The van der Waals surface area contributed by atoms with E-state index in [1.165, 1.54) is 0 Å². The molecule has 0 amide bonds. The van der Waals surface area contributed by atoms with Crippen LogP contribution in [0.2, 0.25) is 0 Å². The molecule has 0 unspecified atom stereocenters. The highest BCUT2D eigenvalue weighted by molar-refractivity contribution is 9.09. The van der Waals surface area contributed by atoms with Crippen LogP contribution in [0.4, 0.5) is 0 Å². The lowest BCUT2D eigenvalue weighted by Crippen LogP contribution is -2.66. The monoisotopic (exact) mass is 204 g/mol. The van der Waals surface area contributed by atoms with Crippen molar-refractivity contribution >= 4 is 21.9 Å². The van der Waals surface area contributed by atoms with Gasteiger partial charge in [-0.15, -0.1) is 0 Å². The Labute approximate surface area is 67.7 Å². The molecule has 0 aromatic heterocycles. The van der Waals surface area contributed by atoms with Gasteiger partial charge in [-0.2, -0.15) is 0 Å². The molecule has 0 saturated heterocycles. The van der Waals surface area contributed by atoms with E-state index >= 15 is 0 Å². The molecule has 3 aliphatic rings. The topological polar surface area (TPSA) is 37.3 Å². The summed E-state index contributed by atoms with van der Waals surface area (Å²) in [6.45, 7) is 0. The van der Waals surface area contributed by atoms with Gasteiger partial charge in [-0.3, -0.25) is 4.79 Å². The number of carboxylic acids is 1. The summed E-state index contributed by atoms with van der Waals surface area (Å²) >= 11 is 3.40. The minimum atomic E-state index is -0.588. The molecule has 56 valence electrons. The van der Waals surface area contributed by atoms with Crippen molar-refractivity contribution in [2.45, 2.75) is 19.3 Å². The van der Waals surface area contributed by atoms with Gasteiger partial charge in [0.25, 0.3) is 0 Å². The first-order chi connectivity index (χ1) is 4.63. The van der Waals surface area contributed by atoms with Gasteiger partial charge in [0.05, 0.1) is 5.41 Å². The minimum Gasteiger partial charge on any atom is -0.481 e. The van der Waals surface area contributed by atoms with Gasteiger partial charge in [-0.25, -0.2) is 0 Å². The molecule has 2 nitrogen and oxygen atoms in total. The number of hydrogen-bond donors (Lipinski definition) is 1. The lowest BCUT2D eigenvalue weighted by Gasteiger charge is -2.67. The van der Waals surface area contributed by atoms with Crippen LogP contribution in [0.25, 0.3) is 0 Å². The summed E-state index contributed by atoms with van der Waals surface area (Å²) in [6.07, 6.45) is 2.71. The predicted molar refractivity (Wildman–Crippen MR) is 40.1 cm³/mol. The first-order valence-corrected chi connectivity index (χ1v) is 4.54. The summed E-state index contributed by atoms with van der Waals surface area (Å²) in [5.41, 5.74) is 0.103. The molecule has 0 heterocycles. The maximum atomic E-state index is 10.6. The van der Waals surface area contributed by atoms with Crippen molar-refractivity contribution in [1.82, 2.24) is 0 Å². The Balaban J connectivity index is 2.04. The van der Waals surface area contributed by atoms with Crippen LogP contribution < -0.4 is 0 Å². The van der Waals surface area contributed by atoms with Crippen molar-refractivity contribution in [1.29, 1.82) is 0 Å². The minimum absolute atomic E-state index is 0.284. The van der Waals surface area contributed by atoms with Crippen LogP contribution in [-0.4, -0.2) is 16.4 Å². The molecule has 0 aliphatic heterocycles. The third kappa shape index (κ3) is 0.529. The Morgan fingerprint density at radius 2 is 2.00 bits per heavy atom. The van der Waals surface area contributed by atoms with E-state index in [0.717, 1.165) is 24.6 Å². The quantitative estimate of drug-likeness (QED) is 0.695. The molecule has 3 rings (SSSR count). The van der Waals surface area contributed by atoms with Gasteiger partial charge in [-0.05, 0) is 24.7 Å². The highest BCUT2D eigenvalue weighted by Crippen LogP contribution is 2.73. The molecule has 1 N–H and O–H groups in total. The van der Waals surface area contributed by atoms with Crippen LogP contribution >= 0.6 is 15.9 Å². The van der Waals surface area contributed by atoms with Crippen molar-refractivity contribution in [3.63, 3.8) is 0 Å². The lowest BCUT2D eigenvalue weighted by atomic mass is 9.36. The highest BCUT2D eigenvalue weighted by atomic mass is 79.9. The smallest absolute Gasteiger partial charge is 0.309 e. The zero-order valence-corrected chi connectivity index (χ0v) is 7.15. The van der Waals surface area contributed by atoms with E-state index < -0.39 is 5.97 Å². The number of rotatable bonds is 2. The molecule has 0 atom stereocenters. The van der Waals surface area contributed by atoms with Gasteiger partial charge < -0.3 is 5.11 Å². The van der Waals surface area contributed by atoms with Gasteiger partial charge in [0.2, 0.25) is 0 Å². The molecule has 0 spiro atoms. The Hall–Kier alpha value is -0.0500. The van der Waals surface area contributed by atoms with Crippen LogP contribution in [0.15, 0.2) is 0 Å². The van der Waals surface area contributed by atoms with Crippen LogP contribution in [0.1, 0.15) is 19.3 Å². The summed E-state index contributed by atoms with van der Waals surface area (Å²) < 4.78 is 0. The number of carbonyl (C=O) groups is 1. The van der Waals surface area contributed by atoms with E-state index in [4.69, 9.17) is 5.11 Å². The van der Waals surface area contributed by atoms with Crippen LogP contribution in [0, 0.1) is 10.8 Å². The van der Waals surface area contributed by atoms with Gasteiger partial charge in [-0.1, -0.05) is 15.9 Å². The SMILES string of the molecule is O=C(O)C12CC(CBr)(C1)C2. The molecule has 3 heteroatoms. The summed E-state index contributed by atoms with van der Waals surface area (Å²) in [7, 11) is 0. The van der Waals surface area contributed by atoms with E-state index in [1.807, 2.05) is 0 Å². The van der Waals surface area contributed by atoms with Crippen LogP contribution in [0.5, 0.6) is 0 Å². The Morgan fingerprint density at radius 3 is 2.30 bits per heavy atom. The second-order valence-corrected chi connectivity index (χ2v) is 4.31. The average molecular weight is 205 g/mol. The molecule has 3 aliphatic carbocycles. The zero-order chi connectivity index (χ0) is 7.41. The number of hydrogen-bond acceptors (Lipinski definition) is 1. The maximum Gasteiger partial charge on any atom is 0.309 e. The Kier molecular flexibility index (Phi) is 1.05. The molecule has 0 radical (unpaired) electrons. The molecular formula is C7H9BrO2. The fourth-order valence-corrected chi connectivity index (χ4v) is 2.96. The Bertz CT molecular complexity index is 180. The number of carboxylic acid groups (broad SMARTS) is 1. The highest BCUT2D eigenvalue weighted by Gasteiger charge is 2.71. The van der Waals surface area contributed by atoms with Gasteiger partial charge in [0.1, 0.15) is 0 Å². The normalized spacial score (nSPS) is 49.3. The van der Waals surface area contributed by atoms with Crippen molar-refractivity contribution in [3.05, 3.63) is 0 Å². The van der Waals surface area contributed by atoms with Crippen molar-refractivity contribution in [2.24, 2.45) is 10.8 Å². The average Bonchev–Trinajstić information content (AvgIpc) is 1.57. The number of alkyl halides is 1. The third-order valence-electron chi connectivity index (χ3n) is 2.88. The summed E-state index contributed by atoms with van der Waals surface area (Å²) in [6, 6.07) is 0. The first kappa shape index (κ1) is 6.65. The number of halogens is 1. The fraction of sp³-hybridized carbons (Fsp3) is 0.857. The molecule has 0 aromatic rings. The van der Waals surface area contributed by atoms with Gasteiger partial charge >= 0.3 is 5.97 Å². The van der Waals surface area contributed by atoms with Crippen LogP contribution in [0.3, 0.4) is 0 Å². The predicted octanol–water partition coefficient (Wildman–Crippen LogP) is 1.64. The van der Waals surface area contributed by atoms with E-state index in [1.54, 1.807) is 0 Å². The van der Waals surface area contributed by atoms with E-state index in [2.05, 4.69) is 15.9 Å². The van der Waals surface area contributed by atoms with E-state index in [0.29, 0.717) is 5.41 Å². The molecular weight excluding hydrogens is 196 g/mol. The Morgan fingerprint density at radius 1 is 1.50 bits per heavy atom. The van der Waals surface area contributed by atoms with E-state index in [9.17, 15) is 4.79 Å². The molecule has 10 heavy (non-hydrogen) atoms. The molecule has 3 saturated carbocycles. The fourth-order valence-electron chi connectivity index (χ4n) is 2.37. The summed E-state index contributed by atoms with van der Waals surface area (Å²) in [5.74, 6) is -0.588. The van der Waals surface area contributed by atoms with Crippen molar-refractivity contribution < 1.29 is 9.90 Å². The summed E-state index contributed by atoms with van der Waals surface area (Å²) in [4.78, 5) is 10.6. The lowest BCUT2D eigenvalue weighted by molar-refractivity contribution is -0.213. The van der Waals surface area contributed by atoms with Crippen molar-refractivity contribution in [3.8, 4) is 0 Å². The second-order valence-electron chi connectivity index (χ2n) is 3.75. The van der Waals surface area contributed by atoms with E-state index in [-0.39, 0.29) is 5.41 Å². The molecule has 2 bridgehead atoms. The van der Waals surface area contributed by atoms with Crippen LogP contribution in [-0.2, 0) is 4.79 Å². The largest absolute Gasteiger partial charge is 0.481 e. The number of aliphatic carboxylic acids is 1. The second kappa shape index (κ2) is 1.58. The summed E-state index contributed by atoms with van der Waals surface area (Å²) in [5, 5.41) is 9.71. The first-order valence-electron chi connectivity index (χ1n) is 3.42. The standard InChI is InChI=1S/C7H9BrO2/c8-4-6-1-7(2-6,3-6)5(9)10/h1-4H2,(H,9,10). The van der Waals surface area contributed by atoms with Gasteiger partial charge in [0.15, 0.2) is 0 Å². The molecule has 3 fully saturated rings. The zero-order valence-electron chi connectivity index (χ0n) is 5.56. The molecule has 0 aromatic carbocycles. The van der Waals surface area contributed by atoms with Gasteiger partial charge in [0, 0.05) is 5.33 Å².